The number of aromatic nitrogens is 2. The highest BCUT2D eigenvalue weighted by molar-refractivity contribution is 7.99. The van der Waals surface area contributed by atoms with Gasteiger partial charge in [0.05, 0.1) is 11.2 Å². The molecular formula is C14H25N3OS. The molecule has 1 aromatic heterocycles. The van der Waals surface area contributed by atoms with Crippen molar-refractivity contribution in [2.24, 2.45) is 5.92 Å². The first-order valence-corrected chi connectivity index (χ1v) is 8.36. The van der Waals surface area contributed by atoms with Crippen LogP contribution in [-0.2, 0) is 0 Å². The predicted octanol–water partition coefficient (Wildman–Crippen LogP) is 3.38. The normalized spacial score (nSPS) is 22.9. The molecule has 2 rings (SSSR count). The second-order valence-electron chi connectivity index (χ2n) is 5.61. The molecule has 0 saturated carbocycles. The van der Waals surface area contributed by atoms with Crippen LogP contribution in [0.2, 0.25) is 0 Å². The molecule has 1 aliphatic heterocycles. The molecule has 0 radical (unpaired) electrons. The Labute approximate surface area is 120 Å². The van der Waals surface area contributed by atoms with Crippen molar-refractivity contribution < 1.29 is 4.52 Å². The van der Waals surface area contributed by atoms with Crippen LogP contribution in [0.15, 0.2) is 4.52 Å². The molecule has 4 nitrogen and oxygen atoms in total. The number of likely N-dealkylation sites (N-methyl/N-ethyl adjacent to an activating group) is 1. The van der Waals surface area contributed by atoms with Crippen LogP contribution in [0.5, 0.6) is 0 Å². The van der Waals surface area contributed by atoms with Gasteiger partial charge < -0.3 is 9.84 Å². The van der Waals surface area contributed by atoms with E-state index in [0.717, 1.165) is 18.3 Å². The third kappa shape index (κ3) is 3.51. The van der Waals surface area contributed by atoms with E-state index in [-0.39, 0.29) is 5.92 Å². The maximum atomic E-state index is 5.55. The van der Waals surface area contributed by atoms with E-state index in [1.807, 2.05) is 11.8 Å². The molecule has 1 N–H and O–H groups in total. The molecule has 5 heteroatoms. The zero-order valence-corrected chi connectivity index (χ0v) is 13.2. The van der Waals surface area contributed by atoms with E-state index in [1.165, 1.54) is 18.6 Å². The molecule has 2 heterocycles. The quantitative estimate of drug-likeness (QED) is 0.867. The monoisotopic (exact) mass is 283 g/mol. The second-order valence-corrected chi connectivity index (χ2v) is 6.92. The van der Waals surface area contributed by atoms with Gasteiger partial charge in [-0.15, -0.1) is 0 Å². The summed E-state index contributed by atoms with van der Waals surface area (Å²) in [5.74, 6) is 3.68. The van der Waals surface area contributed by atoms with Crippen molar-refractivity contribution in [2.45, 2.75) is 57.7 Å². The average molecular weight is 283 g/mol. The first-order valence-electron chi connectivity index (χ1n) is 7.32. The lowest BCUT2D eigenvalue weighted by atomic mass is 9.89. The number of rotatable bonds is 6. The summed E-state index contributed by atoms with van der Waals surface area (Å²) in [6.45, 7) is 9.72. The van der Waals surface area contributed by atoms with Gasteiger partial charge >= 0.3 is 0 Å². The van der Waals surface area contributed by atoms with Crippen molar-refractivity contribution in [1.82, 2.24) is 15.5 Å². The van der Waals surface area contributed by atoms with Gasteiger partial charge in [-0.05, 0) is 38.0 Å². The lowest BCUT2D eigenvalue weighted by molar-refractivity contribution is 0.280. The van der Waals surface area contributed by atoms with Gasteiger partial charge in [-0.2, -0.15) is 16.7 Å². The summed E-state index contributed by atoms with van der Waals surface area (Å²) < 4.78 is 5.55. The minimum absolute atomic E-state index is 0.285. The third-order valence-electron chi connectivity index (χ3n) is 3.74. The minimum atomic E-state index is 0.285. The van der Waals surface area contributed by atoms with Crippen LogP contribution in [0.3, 0.4) is 0 Å². The molecule has 0 aliphatic carbocycles. The SMILES string of the molecule is CCNC(C)C(c1nc(C2CCCS2)no1)C(C)C. The number of hydrogen-bond donors (Lipinski definition) is 1. The predicted molar refractivity (Wildman–Crippen MR) is 79.4 cm³/mol. The highest BCUT2D eigenvalue weighted by Gasteiger charge is 2.30. The van der Waals surface area contributed by atoms with Crippen LogP contribution in [0, 0.1) is 5.92 Å². The Morgan fingerprint density at radius 3 is 2.79 bits per heavy atom. The van der Waals surface area contributed by atoms with Crippen LogP contribution in [0.1, 0.15) is 63.4 Å². The van der Waals surface area contributed by atoms with Crippen LogP contribution in [0.25, 0.3) is 0 Å². The summed E-state index contributed by atoms with van der Waals surface area (Å²) in [6.07, 6.45) is 2.44. The Balaban J connectivity index is 2.13. The standard InChI is InChI=1S/C14H25N3OS/c1-5-15-10(4)12(9(2)3)14-16-13(17-18-14)11-7-6-8-19-11/h9-12,15H,5-8H2,1-4H3. The molecule has 0 bridgehead atoms. The van der Waals surface area contributed by atoms with Crippen LogP contribution in [-0.4, -0.2) is 28.5 Å². The molecule has 1 fully saturated rings. The molecule has 3 atom stereocenters. The first-order chi connectivity index (χ1) is 9.13. The molecule has 0 spiro atoms. The lowest BCUT2D eigenvalue weighted by Crippen LogP contribution is -2.34. The summed E-state index contributed by atoms with van der Waals surface area (Å²) in [4.78, 5) is 4.68. The van der Waals surface area contributed by atoms with Gasteiger partial charge in [-0.1, -0.05) is 25.9 Å². The van der Waals surface area contributed by atoms with Gasteiger partial charge in [0.2, 0.25) is 5.89 Å². The molecule has 3 unspecified atom stereocenters. The maximum absolute atomic E-state index is 5.55. The van der Waals surface area contributed by atoms with Crippen molar-refractivity contribution in [3.05, 3.63) is 11.7 Å². The molecule has 0 amide bonds. The van der Waals surface area contributed by atoms with Gasteiger partial charge in [-0.25, -0.2) is 0 Å². The third-order valence-corrected chi connectivity index (χ3v) is 5.12. The zero-order chi connectivity index (χ0) is 13.8. The Morgan fingerprint density at radius 1 is 1.42 bits per heavy atom. The van der Waals surface area contributed by atoms with Gasteiger partial charge in [-0.3, -0.25) is 0 Å². The molecule has 1 saturated heterocycles. The number of hydrogen-bond acceptors (Lipinski definition) is 5. The summed E-state index contributed by atoms with van der Waals surface area (Å²) >= 11 is 1.95. The summed E-state index contributed by atoms with van der Waals surface area (Å²) in [5, 5.41) is 8.12. The largest absolute Gasteiger partial charge is 0.339 e. The molecule has 1 aliphatic rings. The van der Waals surface area contributed by atoms with E-state index in [1.54, 1.807) is 0 Å². The average Bonchev–Trinajstić information content (AvgIpc) is 2.98. The maximum Gasteiger partial charge on any atom is 0.231 e. The molecule has 108 valence electrons. The summed E-state index contributed by atoms with van der Waals surface area (Å²) in [5.41, 5.74) is 0. The Morgan fingerprint density at radius 2 is 2.21 bits per heavy atom. The Bertz CT molecular complexity index is 388. The van der Waals surface area contributed by atoms with Crippen LogP contribution in [0.4, 0.5) is 0 Å². The van der Waals surface area contributed by atoms with Crippen molar-refractivity contribution in [3.63, 3.8) is 0 Å². The summed E-state index contributed by atoms with van der Waals surface area (Å²) in [7, 11) is 0. The topological polar surface area (TPSA) is 51.0 Å². The fourth-order valence-corrected chi connectivity index (χ4v) is 4.02. The van der Waals surface area contributed by atoms with Gasteiger partial charge in [0.15, 0.2) is 5.82 Å². The van der Waals surface area contributed by atoms with Gasteiger partial charge in [0.25, 0.3) is 0 Å². The molecular weight excluding hydrogens is 258 g/mol. The molecule has 19 heavy (non-hydrogen) atoms. The Hall–Kier alpha value is -0.550. The van der Waals surface area contributed by atoms with Crippen LogP contribution >= 0.6 is 11.8 Å². The van der Waals surface area contributed by atoms with E-state index >= 15 is 0 Å². The van der Waals surface area contributed by atoms with Crippen molar-refractivity contribution in [2.75, 3.05) is 12.3 Å². The summed E-state index contributed by atoms with van der Waals surface area (Å²) in [6, 6.07) is 0.356. The van der Waals surface area contributed by atoms with Gasteiger partial charge in [0, 0.05) is 6.04 Å². The molecule has 1 aromatic rings. The number of thioether (sulfide) groups is 1. The van der Waals surface area contributed by atoms with Gasteiger partial charge in [0.1, 0.15) is 0 Å². The van der Waals surface area contributed by atoms with E-state index in [0.29, 0.717) is 17.2 Å². The van der Waals surface area contributed by atoms with E-state index in [2.05, 4.69) is 43.2 Å². The first kappa shape index (κ1) is 14.9. The number of nitrogens with one attached hydrogen (secondary N) is 1. The smallest absolute Gasteiger partial charge is 0.231 e. The lowest BCUT2D eigenvalue weighted by Gasteiger charge is -2.24. The van der Waals surface area contributed by atoms with E-state index < -0.39 is 0 Å². The zero-order valence-electron chi connectivity index (χ0n) is 12.3. The number of nitrogens with zero attached hydrogens (tertiary/aromatic N) is 2. The highest BCUT2D eigenvalue weighted by Crippen LogP contribution is 2.39. The second kappa shape index (κ2) is 6.75. The minimum Gasteiger partial charge on any atom is -0.339 e. The van der Waals surface area contributed by atoms with E-state index in [9.17, 15) is 0 Å². The van der Waals surface area contributed by atoms with Crippen molar-refractivity contribution in [3.8, 4) is 0 Å². The highest BCUT2D eigenvalue weighted by atomic mass is 32.2. The molecule has 0 aromatic carbocycles. The van der Waals surface area contributed by atoms with Crippen molar-refractivity contribution in [1.29, 1.82) is 0 Å². The van der Waals surface area contributed by atoms with Crippen LogP contribution < -0.4 is 5.32 Å². The fourth-order valence-electron chi connectivity index (χ4n) is 2.82. The Kier molecular flexibility index (Phi) is 5.28. The van der Waals surface area contributed by atoms with Crippen molar-refractivity contribution >= 4 is 11.8 Å². The fraction of sp³-hybridized carbons (Fsp3) is 0.857. The van der Waals surface area contributed by atoms with E-state index in [4.69, 9.17) is 4.52 Å².